The van der Waals surface area contributed by atoms with Crippen LogP contribution in [0, 0.1) is 11.8 Å². The zero-order valence-corrected chi connectivity index (χ0v) is 22.8. The standard InChI is InChI=1S/C24H37N3O3.C4H4O4/c1-26(2)20-13-19(21(29-3)14-22(20)30-4)24(28)25-18-11-12-27(15-18)23-16-7-5-8-17(23)10-6-9-16;5-3(6)1-2-4(7)8/h13-14,16-18,23H,5-12,15H2,1-4H3,(H,25,28);1-2H,(H,5,6)(H,7,8)/b;2-1+/t16?,17?,18-,23?;/m0./s1. The van der Waals surface area contributed by atoms with Gasteiger partial charge in [-0.15, -0.1) is 0 Å². The molecule has 10 nitrogen and oxygen atoms in total. The SMILES string of the molecule is COc1cc(OC)c(N(C)C)cc1C(=O)N[C@H]1CCN(C2C3CCCC2CCC3)C1.O=C(O)/C=C/C(=O)O. The van der Waals surface area contributed by atoms with Crippen molar-refractivity contribution in [2.75, 3.05) is 46.3 Å². The maximum atomic E-state index is 13.2. The molecule has 2 bridgehead atoms. The number of carboxylic acid groups (broad SMARTS) is 2. The number of carbonyl (C=O) groups is 3. The lowest BCUT2D eigenvalue weighted by Gasteiger charge is -2.47. The van der Waals surface area contributed by atoms with Crippen LogP contribution in [-0.2, 0) is 9.59 Å². The van der Waals surface area contributed by atoms with Crippen LogP contribution in [0.1, 0.15) is 55.3 Å². The number of amides is 1. The van der Waals surface area contributed by atoms with Crippen LogP contribution in [0.15, 0.2) is 24.3 Å². The van der Waals surface area contributed by atoms with Crippen molar-refractivity contribution in [1.82, 2.24) is 10.2 Å². The number of anilines is 1. The van der Waals surface area contributed by atoms with Gasteiger partial charge in [-0.1, -0.05) is 12.8 Å². The summed E-state index contributed by atoms with van der Waals surface area (Å²) in [6, 6.07) is 4.61. The molecule has 0 unspecified atom stereocenters. The van der Waals surface area contributed by atoms with Crippen LogP contribution >= 0.6 is 0 Å². The van der Waals surface area contributed by atoms with Gasteiger partial charge in [0.05, 0.1) is 25.5 Å². The van der Waals surface area contributed by atoms with Crippen molar-refractivity contribution in [2.24, 2.45) is 11.8 Å². The Balaban J connectivity index is 0.000000436. The van der Waals surface area contributed by atoms with Crippen molar-refractivity contribution in [1.29, 1.82) is 0 Å². The van der Waals surface area contributed by atoms with Gasteiger partial charge in [0, 0.05) is 57.5 Å². The third kappa shape index (κ3) is 7.40. The molecule has 38 heavy (non-hydrogen) atoms. The van der Waals surface area contributed by atoms with E-state index in [9.17, 15) is 14.4 Å². The van der Waals surface area contributed by atoms with Crippen molar-refractivity contribution in [3.63, 3.8) is 0 Å². The minimum atomic E-state index is -1.26. The number of nitrogens with zero attached hydrogens (tertiary/aromatic N) is 2. The van der Waals surface area contributed by atoms with E-state index in [2.05, 4.69) is 10.2 Å². The molecule has 1 amide bonds. The molecule has 1 heterocycles. The molecule has 3 fully saturated rings. The predicted octanol–water partition coefficient (Wildman–Crippen LogP) is 3.25. The van der Waals surface area contributed by atoms with Crippen molar-refractivity contribution in [3.05, 3.63) is 29.8 Å². The van der Waals surface area contributed by atoms with Crippen molar-refractivity contribution in [3.8, 4) is 11.5 Å². The van der Waals surface area contributed by atoms with E-state index in [1.54, 1.807) is 20.3 Å². The van der Waals surface area contributed by atoms with Gasteiger partial charge in [-0.05, 0) is 50.0 Å². The second kappa shape index (κ2) is 13.5. The second-order valence-corrected chi connectivity index (χ2v) is 10.5. The fraction of sp³-hybridized carbons (Fsp3) is 0.607. The first-order valence-corrected chi connectivity index (χ1v) is 13.3. The van der Waals surface area contributed by atoms with Gasteiger partial charge in [0.15, 0.2) is 0 Å². The monoisotopic (exact) mass is 531 g/mol. The number of fused-ring (bicyclic) bond motifs is 2. The summed E-state index contributed by atoms with van der Waals surface area (Å²) in [6.45, 7) is 2.08. The van der Waals surface area contributed by atoms with E-state index in [0.29, 0.717) is 29.2 Å². The number of nitrogens with one attached hydrogen (secondary N) is 1. The van der Waals surface area contributed by atoms with E-state index in [4.69, 9.17) is 19.7 Å². The molecule has 0 aromatic heterocycles. The highest BCUT2D eigenvalue weighted by Crippen LogP contribution is 2.43. The van der Waals surface area contributed by atoms with Crippen LogP contribution in [0.2, 0.25) is 0 Å². The number of ether oxygens (including phenoxy) is 2. The first-order chi connectivity index (χ1) is 18.1. The van der Waals surface area contributed by atoms with Gasteiger partial charge < -0.3 is 29.9 Å². The number of carboxylic acids is 2. The predicted molar refractivity (Wildman–Crippen MR) is 144 cm³/mol. The minimum absolute atomic E-state index is 0.0618. The van der Waals surface area contributed by atoms with E-state index in [1.165, 1.54) is 38.5 Å². The molecule has 1 aromatic carbocycles. The molecule has 3 aliphatic rings. The van der Waals surface area contributed by atoms with Crippen LogP contribution in [0.3, 0.4) is 0 Å². The van der Waals surface area contributed by atoms with Gasteiger partial charge >= 0.3 is 11.9 Å². The van der Waals surface area contributed by atoms with E-state index in [0.717, 1.165) is 43.1 Å². The topological polar surface area (TPSA) is 129 Å². The fourth-order valence-electron chi connectivity index (χ4n) is 6.23. The van der Waals surface area contributed by atoms with Crippen LogP contribution in [-0.4, -0.2) is 86.4 Å². The normalized spacial score (nSPS) is 24.7. The summed E-state index contributed by atoms with van der Waals surface area (Å²) < 4.78 is 11.0. The molecule has 1 saturated heterocycles. The van der Waals surface area contributed by atoms with Gasteiger partial charge in [0.1, 0.15) is 11.5 Å². The summed E-state index contributed by atoms with van der Waals surface area (Å²) in [7, 11) is 7.12. The summed E-state index contributed by atoms with van der Waals surface area (Å²) in [5.41, 5.74) is 1.43. The summed E-state index contributed by atoms with van der Waals surface area (Å²) in [5, 5.41) is 18.9. The Morgan fingerprint density at radius 3 is 1.95 bits per heavy atom. The molecule has 2 saturated carbocycles. The molecule has 1 aromatic rings. The highest BCUT2D eigenvalue weighted by molar-refractivity contribution is 5.98. The number of methoxy groups -OCH3 is 2. The maximum Gasteiger partial charge on any atom is 0.328 e. The molecular weight excluding hydrogens is 490 g/mol. The molecule has 1 atom stereocenters. The molecule has 0 radical (unpaired) electrons. The average Bonchev–Trinajstić information content (AvgIpc) is 3.34. The lowest BCUT2D eigenvalue weighted by Crippen LogP contribution is -2.50. The Morgan fingerprint density at radius 1 is 0.921 bits per heavy atom. The van der Waals surface area contributed by atoms with Crippen LogP contribution in [0.4, 0.5) is 5.69 Å². The van der Waals surface area contributed by atoms with Gasteiger partial charge in [-0.25, -0.2) is 9.59 Å². The zero-order chi connectivity index (χ0) is 27.8. The van der Waals surface area contributed by atoms with Gasteiger partial charge in [-0.3, -0.25) is 9.69 Å². The Kier molecular flexibility index (Phi) is 10.4. The first kappa shape index (κ1) is 29.3. The number of rotatable bonds is 8. The van der Waals surface area contributed by atoms with Crippen LogP contribution in [0.25, 0.3) is 0 Å². The summed E-state index contributed by atoms with van der Waals surface area (Å²) >= 11 is 0. The molecule has 2 aliphatic carbocycles. The summed E-state index contributed by atoms with van der Waals surface area (Å²) in [6.07, 6.45) is 10.5. The van der Waals surface area contributed by atoms with Crippen LogP contribution < -0.4 is 19.7 Å². The Hall–Kier alpha value is -3.27. The van der Waals surface area contributed by atoms with Crippen molar-refractivity contribution < 1.29 is 34.1 Å². The fourth-order valence-corrected chi connectivity index (χ4v) is 6.23. The minimum Gasteiger partial charge on any atom is -0.496 e. The van der Waals surface area contributed by atoms with Crippen LogP contribution in [0.5, 0.6) is 11.5 Å². The third-order valence-electron chi connectivity index (χ3n) is 7.84. The highest BCUT2D eigenvalue weighted by Gasteiger charge is 2.42. The molecule has 0 spiro atoms. The molecule has 4 rings (SSSR count). The molecule has 1 aliphatic heterocycles. The summed E-state index contributed by atoms with van der Waals surface area (Å²) in [4.78, 5) is 36.9. The van der Waals surface area contributed by atoms with Crippen molar-refractivity contribution >= 4 is 23.5 Å². The Labute approximate surface area is 224 Å². The average molecular weight is 532 g/mol. The Morgan fingerprint density at radius 2 is 1.47 bits per heavy atom. The Bertz CT molecular complexity index is 988. The van der Waals surface area contributed by atoms with E-state index < -0.39 is 11.9 Å². The van der Waals surface area contributed by atoms with Gasteiger partial charge in [0.25, 0.3) is 5.91 Å². The van der Waals surface area contributed by atoms with E-state index >= 15 is 0 Å². The first-order valence-electron chi connectivity index (χ1n) is 13.3. The quantitative estimate of drug-likeness (QED) is 0.433. The lowest BCUT2D eigenvalue weighted by molar-refractivity contribution is -0.134. The number of hydrogen-bond acceptors (Lipinski definition) is 7. The molecular formula is C28H41N3O7. The lowest BCUT2D eigenvalue weighted by atomic mass is 9.68. The maximum absolute atomic E-state index is 13.2. The second-order valence-electron chi connectivity index (χ2n) is 10.5. The number of carbonyl (C=O) groups excluding carboxylic acids is 1. The van der Waals surface area contributed by atoms with Gasteiger partial charge in [0.2, 0.25) is 0 Å². The zero-order valence-electron chi connectivity index (χ0n) is 22.8. The third-order valence-corrected chi connectivity index (χ3v) is 7.84. The highest BCUT2D eigenvalue weighted by atomic mass is 16.5. The number of hydrogen-bond donors (Lipinski definition) is 3. The van der Waals surface area contributed by atoms with Crippen molar-refractivity contribution in [2.45, 2.75) is 57.0 Å². The summed E-state index contributed by atoms with van der Waals surface area (Å²) in [5.74, 6) is 0.413. The largest absolute Gasteiger partial charge is 0.496 e. The number of aliphatic carboxylic acids is 2. The molecule has 3 N–H and O–H groups in total. The molecule has 10 heteroatoms. The number of likely N-dealkylation sites (tertiary alicyclic amines) is 1. The number of benzene rings is 1. The molecule has 210 valence electrons. The van der Waals surface area contributed by atoms with Gasteiger partial charge in [-0.2, -0.15) is 0 Å². The van der Waals surface area contributed by atoms with E-state index in [1.807, 2.05) is 25.1 Å². The van der Waals surface area contributed by atoms with E-state index in [-0.39, 0.29) is 11.9 Å². The smallest absolute Gasteiger partial charge is 0.328 e.